The van der Waals surface area contributed by atoms with Crippen LogP contribution in [0.4, 0.5) is 4.39 Å². The average molecular weight is 380 g/mol. The molecule has 0 saturated heterocycles. The number of carboxylic acid groups (broad SMARTS) is 1. The number of fused-ring (bicyclic) bond motifs is 1. The Kier molecular flexibility index (Phi) is 4.65. The van der Waals surface area contributed by atoms with Gasteiger partial charge in [0.15, 0.2) is 0 Å². The van der Waals surface area contributed by atoms with Crippen LogP contribution in [-0.4, -0.2) is 32.9 Å². The molecule has 4 rings (SSSR count). The van der Waals surface area contributed by atoms with Crippen LogP contribution in [0.3, 0.4) is 0 Å². The number of aliphatic carboxylic acids is 1. The molecule has 142 valence electrons. The van der Waals surface area contributed by atoms with Crippen molar-refractivity contribution in [1.29, 1.82) is 0 Å². The molecule has 0 unspecified atom stereocenters. The van der Waals surface area contributed by atoms with Crippen molar-refractivity contribution in [2.75, 3.05) is 0 Å². The number of carbonyl (C=O) groups excluding carboxylic acids is 1. The fourth-order valence-electron chi connectivity index (χ4n) is 3.38. The number of rotatable bonds is 4. The summed E-state index contributed by atoms with van der Waals surface area (Å²) in [7, 11) is 0. The normalized spacial score (nSPS) is 15.9. The van der Waals surface area contributed by atoms with Gasteiger partial charge in [0.2, 0.25) is 11.8 Å². The largest absolute Gasteiger partial charge is 0.480 e. The van der Waals surface area contributed by atoms with Crippen LogP contribution in [0.25, 0.3) is 11.5 Å². The lowest BCUT2D eigenvalue weighted by Crippen LogP contribution is -2.49. The van der Waals surface area contributed by atoms with E-state index in [0.29, 0.717) is 11.3 Å². The van der Waals surface area contributed by atoms with Crippen LogP contribution < -0.4 is 0 Å². The molecule has 0 saturated carbocycles. The van der Waals surface area contributed by atoms with Gasteiger partial charge in [-0.05, 0) is 35.4 Å². The van der Waals surface area contributed by atoms with E-state index in [-0.39, 0.29) is 37.0 Å². The third-order valence-electron chi connectivity index (χ3n) is 4.83. The van der Waals surface area contributed by atoms with Crippen molar-refractivity contribution in [2.45, 2.75) is 25.4 Å². The summed E-state index contributed by atoms with van der Waals surface area (Å²) in [4.78, 5) is 30.2. The quantitative estimate of drug-likeness (QED) is 0.752. The average Bonchev–Trinajstić information content (AvgIpc) is 3.15. The van der Waals surface area contributed by atoms with E-state index in [1.165, 1.54) is 35.4 Å². The molecule has 28 heavy (non-hydrogen) atoms. The van der Waals surface area contributed by atoms with E-state index in [1.807, 2.05) is 24.3 Å². The first kappa shape index (κ1) is 17.9. The summed E-state index contributed by atoms with van der Waals surface area (Å²) < 4.78 is 18.4. The molecule has 1 aliphatic rings. The highest BCUT2D eigenvalue weighted by atomic mass is 19.1. The Hall–Kier alpha value is -3.48. The number of nitrogens with zero attached hydrogens (tertiary/aromatic N) is 2. The number of halogens is 1. The van der Waals surface area contributed by atoms with E-state index in [2.05, 4.69) is 4.98 Å². The highest BCUT2D eigenvalue weighted by molar-refractivity contribution is 5.85. The maximum Gasteiger partial charge on any atom is 0.326 e. The second-order valence-corrected chi connectivity index (χ2v) is 6.68. The lowest BCUT2D eigenvalue weighted by Gasteiger charge is -2.34. The molecule has 2 heterocycles. The van der Waals surface area contributed by atoms with Gasteiger partial charge in [-0.1, -0.05) is 24.3 Å². The lowest BCUT2D eigenvalue weighted by molar-refractivity contribution is -0.151. The second-order valence-electron chi connectivity index (χ2n) is 6.68. The zero-order valence-electron chi connectivity index (χ0n) is 14.8. The number of oxazole rings is 1. The van der Waals surface area contributed by atoms with Gasteiger partial charge in [-0.15, -0.1) is 0 Å². The summed E-state index contributed by atoms with van der Waals surface area (Å²) >= 11 is 0. The predicted molar refractivity (Wildman–Crippen MR) is 97.7 cm³/mol. The van der Waals surface area contributed by atoms with Crippen LogP contribution in [0.5, 0.6) is 0 Å². The van der Waals surface area contributed by atoms with Gasteiger partial charge in [-0.25, -0.2) is 14.2 Å². The number of amides is 1. The standard InChI is InChI=1S/C21H17FN2O4/c22-16-7-5-13(6-8-16)20-23-17(12-28-20)10-19(25)24-11-15-4-2-1-3-14(15)9-18(24)21(26)27/h1-8,12,18H,9-11H2,(H,26,27)/t18-/m1/s1. The smallest absolute Gasteiger partial charge is 0.326 e. The minimum Gasteiger partial charge on any atom is -0.480 e. The molecule has 1 aliphatic heterocycles. The Bertz CT molecular complexity index is 1030. The lowest BCUT2D eigenvalue weighted by atomic mass is 9.93. The number of benzene rings is 2. The fourth-order valence-corrected chi connectivity index (χ4v) is 3.38. The van der Waals surface area contributed by atoms with Gasteiger partial charge in [0, 0.05) is 18.5 Å². The number of carbonyl (C=O) groups is 2. The summed E-state index contributed by atoms with van der Waals surface area (Å²) in [5.74, 6) is -1.45. The number of aromatic nitrogens is 1. The maximum absolute atomic E-state index is 13.0. The van der Waals surface area contributed by atoms with Crippen LogP contribution in [0.2, 0.25) is 0 Å². The van der Waals surface area contributed by atoms with E-state index in [0.717, 1.165) is 11.1 Å². The summed E-state index contributed by atoms with van der Waals surface area (Å²) in [6.07, 6.45) is 1.57. The minimum atomic E-state index is -1.03. The van der Waals surface area contributed by atoms with Crippen LogP contribution in [-0.2, 0) is 29.0 Å². The van der Waals surface area contributed by atoms with Crippen molar-refractivity contribution in [3.8, 4) is 11.5 Å². The van der Waals surface area contributed by atoms with Crippen molar-refractivity contribution in [3.05, 3.63) is 77.4 Å². The van der Waals surface area contributed by atoms with Gasteiger partial charge >= 0.3 is 5.97 Å². The topological polar surface area (TPSA) is 83.6 Å². The molecule has 1 N–H and O–H groups in total. The fraction of sp³-hybridized carbons (Fsp3) is 0.190. The first-order chi connectivity index (χ1) is 13.5. The van der Waals surface area contributed by atoms with E-state index < -0.39 is 12.0 Å². The Balaban J connectivity index is 1.53. The third-order valence-corrected chi connectivity index (χ3v) is 4.83. The number of hydrogen-bond acceptors (Lipinski definition) is 4. The molecule has 3 aromatic rings. The summed E-state index contributed by atoms with van der Waals surface area (Å²) in [5.41, 5.74) is 2.88. The van der Waals surface area contributed by atoms with Gasteiger partial charge in [-0.2, -0.15) is 0 Å². The van der Waals surface area contributed by atoms with Gasteiger partial charge in [0.05, 0.1) is 12.1 Å². The van der Waals surface area contributed by atoms with E-state index in [1.54, 1.807) is 0 Å². The van der Waals surface area contributed by atoms with Crippen LogP contribution in [0.1, 0.15) is 16.8 Å². The van der Waals surface area contributed by atoms with Crippen molar-refractivity contribution in [1.82, 2.24) is 9.88 Å². The van der Waals surface area contributed by atoms with Gasteiger partial charge in [0.25, 0.3) is 0 Å². The number of carboxylic acids is 1. The summed E-state index contributed by atoms with van der Waals surface area (Å²) in [6.45, 7) is 0.245. The molecule has 0 spiro atoms. The molecule has 1 aromatic heterocycles. The third kappa shape index (κ3) is 3.51. The summed E-state index contributed by atoms with van der Waals surface area (Å²) in [5, 5.41) is 9.57. The SMILES string of the molecule is O=C(O)[C@H]1Cc2ccccc2CN1C(=O)Cc1coc(-c2ccc(F)cc2)n1. The highest BCUT2D eigenvalue weighted by Crippen LogP contribution is 2.25. The van der Waals surface area contributed by atoms with Crippen LogP contribution in [0, 0.1) is 5.82 Å². The molecular formula is C21H17FN2O4. The minimum absolute atomic E-state index is 0.0728. The van der Waals surface area contributed by atoms with E-state index >= 15 is 0 Å². The monoisotopic (exact) mass is 380 g/mol. The van der Waals surface area contributed by atoms with Gasteiger partial charge in [-0.3, -0.25) is 4.79 Å². The van der Waals surface area contributed by atoms with E-state index in [4.69, 9.17) is 4.42 Å². The zero-order valence-corrected chi connectivity index (χ0v) is 14.8. The zero-order chi connectivity index (χ0) is 19.7. The molecule has 0 bridgehead atoms. The Labute approximate surface area is 160 Å². The first-order valence-corrected chi connectivity index (χ1v) is 8.80. The van der Waals surface area contributed by atoms with Crippen LogP contribution >= 0.6 is 0 Å². The van der Waals surface area contributed by atoms with Crippen LogP contribution in [0.15, 0.2) is 59.2 Å². The van der Waals surface area contributed by atoms with Crippen molar-refractivity contribution >= 4 is 11.9 Å². The van der Waals surface area contributed by atoms with Crippen molar-refractivity contribution in [3.63, 3.8) is 0 Å². The molecule has 1 amide bonds. The Morgan fingerprint density at radius 1 is 1.14 bits per heavy atom. The molecule has 6 nitrogen and oxygen atoms in total. The molecule has 7 heteroatoms. The van der Waals surface area contributed by atoms with Gasteiger partial charge < -0.3 is 14.4 Å². The maximum atomic E-state index is 13.0. The molecule has 0 fully saturated rings. The van der Waals surface area contributed by atoms with Crippen molar-refractivity contribution < 1.29 is 23.5 Å². The molecule has 2 aromatic carbocycles. The van der Waals surface area contributed by atoms with Crippen molar-refractivity contribution in [2.24, 2.45) is 0 Å². The second kappa shape index (κ2) is 7.26. The highest BCUT2D eigenvalue weighted by Gasteiger charge is 2.34. The molecule has 1 atom stereocenters. The van der Waals surface area contributed by atoms with E-state index in [9.17, 15) is 19.1 Å². The van der Waals surface area contributed by atoms with Gasteiger partial charge in [0.1, 0.15) is 18.1 Å². The summed E-state index contributed by atoms with van der Waals surface area (Å²) in [6, 6.07) is 12.3. The molecular weight excluding hydrogens is 363 g/mol. The first-order valence-electron chi connectivity index (χ1n) is 8.80. The predicted octanol–water partition coefficient (Wildman–Crippen LogP) is 3.06. The molecule has 0 aliphatic carbocycles. The number of hydrogen-bond donors (Lipinski definition) is 1. The Morgan fingerprint density at radius 3 is 2.57 bits per heavy atom. The molecule has 0 radical (unpaired) electrons. The Morgan fingerprint density at radius 2 is 1.86 bits per heavy atom.